The standard InChI is InChI=1S/C24H28N2O7/c1-5-18(23(30)25-9-8-20(28)29)26-19(27)7-6-15-13(3)17-10-16-12(2)11-32-21(16)14(4)22(17)33-24(15)31/h10-11,18H,5-9H2,1-4H3,(H,25,30)(H,26,27)(H,28,29)/t18-/m0/s1. The van der Waals surface area contributed by atoms with E-state index in [-0.39, 0.29) is 31.7 Å². The summed E-state index contributed by atoms with van der Waals surface area (Å²) in [4.78, 5) is 47.9. The third kappa shape index (κ3) is 5.08. The topological polar surface area (TPSA) is 139 Å². The number of rotatable bonds is 9. The Morgan fingerprint density at radius 2 is 1.79 bits per heavy atom. The summed E-state index contributed by atoms with van der Waals surface area (Å²) < 4.78 is 11.2. The van der Waals surface area contributed by atoms with E-state index in [1.165, 1.54) is 0 Å². The maximum atomic E-state index is 12.7. The highest BCUT2D eigenvalue weighted by Crippen LogP contribution is 2.32. The van der Waals surface area contributed by atoms with Gasteiger partial charge in [-0.05, 0) is 50.8 Å². The molecule has 3 rings (SSSR count). The molecule has 33 heavy (non-hydrogen) atoms. The number of furan rings is 1. The monoisotopic (exact) mass is 456 g/mol. The van der Waals surface area contributed by atoms with Crippen LogP contribution in [0.25, 0.3) is 21.9 Å². The highest BCUT2D eigenvalue weighted by molar-refractivity contribution is 5.99. The number of carbonyl (C=O) groups excluding carboxylic acids is 2. The largest absolute Gasteiger partial charge is 0.481 e. The molecule has 2 amide bonds. The molecule has 2 heterocycles. The fraction of sp³-hybridized carbons (Fsp3) is 0.417. The molecule has 1 atom stereocenters. The molecule has 0 aliphatic heterocycles. The van der Waals surface area contributed by atoms with Gasteiger partial charge in [-0.3, -0.25) is 14.4 Å². The molecule has 2 aromatic heterocycles. The lowest BCUT2D eigenvalue weighted by Crippen LogP contribution is -2.46. The summed E-state index contributed by atoms with van der Waals surface area (Å²) in [6, 6.07) is 1.16. The van der Waals surface area contributed by atoms with Crippen molar-refractivity contribution in [3.8, 4) is 0 Å². The molecule has 9 nitrogen and oxygen atoms in total. The van der Waals surface area contributed by atoms with Crippen LogP contribution in [0.1, 0.15) is 48.4 Å². The molecule has 0 saturated carbocycles. The van der Waals surface area contributed by atoms with Gasteiger partial charge in [0, 0.05) is 34.9 Å². The van der Waals surface area contributed by atoms with Gasteiger partial charge in [0.2, 0.25) is 11.8 Å². The van der Waals surface area contributed by atoms with Crippen molar-refractivity contribution < 1.29 is 28.3 Å². The molecular formula is C24H28N2O7. The fourth-order valence-electron chi connectivity index (χ4n) is 3.88. The third-order valence-corrected chi connectivity index (χ3v) is 5.84. The molecule has 1 aromatic carbocycles. The quantitative estimate of drug-likeness (QED) is 0.421. The molecular weight excluding hydrogens is 428 g/mol. The van der Waals surface area contributed by atoms with Crippen LogP contribution in [-0.2, 0) is 20.8 Å². The minimum Gasteiger partial charge on any atom is -0.481 e. The van der Waals surface area contributed by atoms with E-state index in [1.54, 1.807) is 13.2 Å². The lowest BCUT2D eigenvalue weighted by atomic mass is 9.98. The van der Waals surface area contributed by atoms with Gasteiger partial charge < -0.3 is 24.6 Å². The maximum Gasteiger partial charge on any atom is 0.339 e. The second kappa shape index (κ2) is 9.89. The second-order valence-electron chi connectivity index (χ2n) is 8.13. The Morgan fingerprint density at radius 3 is 2.45 bits per heavy atom. The van der Waals surface area contributed by atoms with Crippen LogP contribution in [0.3, 0.4) is 0 Å². The zero-order valence-corrected chi connectivity index (χ0v) is 19.2. The Bertz CT molecular complexity index is 1290. The molecule has 0 fully saturated rings. The van der Waals surface area contributed by atoms with E-state index in [2.05, 4.69) is 10.6 Å². The van der Waals surface area contributed by atoms with E-state index >= 15 is 0 Å². The summed E-state index contributed by atoms with van der Waals surface area (Å²) in [6.45, 7) is 7.34. The number of nitrogens with one attached hydrogen (secondary N) is 2. The number of hydrogen-bond donors (Lipinski definition) is 3. The van der Waals surface area contributed by atoms with Gasteiger partial charge in [0.1, 0.15) is 17.2 Å². The highest BCUT2D eigenvalue weighted by atomic mass is 16.4. The summed E-state index contributed by atoms with van der Waals surface area (Å²) >= 11 is 0. The molecule has 176 valence electrons. The first-order valence-corrected chi connectivity index (χ1v) is 10.9. The van der Waals surface area contributed by atoms with Crippen molar-refractivity contribution in [2.75, 3.05) is 6.54 Å². The summed E-state index contributed by atoms with van der Waals surface area (Å²) in [7, 11) is 0. The molecule has 0 bridgehead atoms. The van der Waals surface area contributed by atoms with Gasteiger partial charge in [-0.15, -0.1) is 0 Å². The lowest BCUT2D eigenvalue weighted by molar-refractivity contribution is -0.137. The average molecular weight is 456 g/mol. The van der Waals surface area contributed by atoms with Gasteiger partial charge in [0.25, 0.3) is 0 Å². The van der Waals surface area contributed by atoms with Crippen LogP contribution in [-0.4, -0.2) is 35.5 Å². The number of fused-ring (bicyclic) bond motifs is 2. The Balaban J connectivity index is 1.75. The fourth-order valence-corrected chi connectivity index (χ4v) is 3.88. The number of aliphatic carboxylic acids is 1. The first kappa shape index (κ1) is 24.0. The van der Waals surface area contributed by atoms with E-state index in [9.17, 15) is 19.2 Å². The van der Waals surface area contributed by atoms with Crippen LogP contribution >= 0.6 is 0 Å². The Morgan fingerprint density at radius 1 is 1.06 bits per heavy atom. The van der Waals surface area contributed by atoms with Gasteiger partial charge >= 0.3 is 11.6 Å². The van der Waals surface area contributed by atoms with Crippen LogP contribution in [0.15, 0.2) is 26.0 Å². The maximum absolute atomic E-state index is 12.7. The van der Waals surface area contributed by atoms with Gasteiger partial charge in [0.05, 0.1) is 12.7 Å². The second-order valence-corrected chi connectivity index (χ2v) is 8.13. The van der Waals surface area contributed by atoms with E-state index in [1.807, 2.05) is 26.8 Å². The summed E-state index contributed by atoms with van der Waals surface area (Å²) in [5.41, 5.74) is 3.54. The average Bonchev–Trinajstić information content (AvgIpc) is 3.13. The van der Waals surface area contributed by atoms with Crippen LogP contribution < -0.4 is 16.3 Å². The van der Waals surface area contributed by atoms with Crippen molar-refractivity contribution in [1.82, 2.24) is 10.6 Å². The van der Waals surface area contributed by atoms with Gasteiger partial charge in [-0.25, -0.2) is 4.79 Å². The van der Waals surface area contributed by atoms with Crippen molar-refractivity contribution in [2.24, 2.45) is 0 Å². The molecule has 0 aliphatic rings. The van der Waals surface area contributed by atoms with Crippen molar-refractivity contribution in [1.29, 1.82) is 0 Å². The number of carboxylic acid groups (broad SMARTS) is 1. The third-order valence-electron chi connectivity index (χ3n) is 5.84. The van der Waals surface area contributed by atoms with E-state index in [0.717, 1.165) is 27.5 Å². The highest BCUT2D eigenvalue weighted by Gasteiger charge is 2.21. The van der Waals surface area contributed by atoms with Crippen LogP contribution in [0.5, 0.6) is 0 Å². The number of carbonyl (C=O) groups is 3. The zero-order valence-electron chi connectivity index (χ0n) is 19.2. The van der Waals surface area contributed by atoms with Crippen molar-refractivity contribution >= 4 is 39.7 Å². The normalized spacial score (nSPS) is 12.1. The van der Waals surface area contributed by atoms with E-state index < -0.39 is 23.5 Å². The number of benzene rings is 1. The summed E-state index contributed by atoms with van der Waals surface area (Å²) in [6.07, 6.45) is 1.98. The molecule has 0 spiro atoms. The summed E-state index contributed by atoms with van der Waals surface area (Å²) in [5.74, 6) is -1.84. The van der Waals surface area contributed by atoms with Gasteiger partial charge in [0.15, 0.2) is 0 Å². The van der Waals surface area contributed by atoms with Crippen LogP contribution in [0, 0.1) is 20.8 Å². The molecule has 0 radical (unpaired) electrons. The minimum absolute atomic E-state index is 0.00196. The number of amides is 2. The SMILES string of the molecule is CC[C@H](NC(=O)CCc1c(C)c2cc3c(C)coc3c(C)c2oc1=O)C(=O)NCCC(=O)O. The van der Waals surface area contributed by atoms with E-state index in [4.69, 9.17) is 13.9 Å². The Labute approximate surface area is 190 Å². The molecule has 0 aliphatic carbocycles. The van der Waals surface area contributed by atoms with Crippen LogP contribution in [0.2, 0.25) is 0 Å². The van der Waals surface area contributed by atoms with Crippen LogP contribution in [0.4, 0.5) is 0 Å². The lowest BCUT2D eigenvalue weighted by Gasteiger charge is -2.17. The minimum atomic E-state index is -1.02. The first-order valence-electron chi connectivity index (χ1n) is 10.9. The van der Waals surface area contributed by atoms with Gasteiger partial charge in [-0.2, -0.15) is 0 Å². The van der Waals surface area contributed by atoms with E-state index in [0.29, 0.717) is 23.2 Å². The first-order chi connectivity index (χ1) is 15.6. The smallest absolute Gasteiger partial charge is 0.339 e. The Hall–Kier alpha value is -3.62. The predicted molar refractivity (Wildman–Crippen MR) is 122 cm³/mol. The van der Waals surface area contributed by atoms with Crippen molar-refractivity contribution in [3.63, 3.8) is 0 Å². The summed E-state index contributed by atoms with van der Waals surface area (Å²) in [5, 5.41) is 15.5. The number of aryl methyl sites for hydroxylation is 3. The molecule has 9 heteroatoms. The van der Waals surface area contributed by atoms with Crippen molar-refractivity contribution in [2.45, 2.75) is 59.4 Å². The molecule has 0 saturated heterocycles. The number of hydrogen-bond acceptors (Lipinski definition) is 6. The van der Waals surface area contributed by atoms with Gasteiger partial charge in [-0.1, -0.05) is 6.92 Å². The molecule has 3 N–H and O–H groups in total. The van der Waals surface area contributed by atoms with Crippen molar-refractivity contribution in [3.05, 3.63) is 45.0 Å². The predicted octanol–water partition coefficient (Wildman–Crippen LogP) is 2.88. The number of carboxylic acids is 1. The molecule has 0 unspecified atom stereocenters. The molecule has 3 aromatic rings. The Kier molecular flexibility index (Phi) is 7.20. The zero-order chi connectivity index (χ0) is 24.3.